The lowest BCUT2D eigenvalue weighted by atomic mass is 10.1. The maximum atomic E-state index is 12.1. The molecule has 5 heteroatoms. The minimum atomic E-state index is -0.164. The van der Waals surface area contributed by atoms with Gasteiger partial charge in [-0.25, -0.2) is 9.97 Å². The van der Waals surface area contributed by atoms with Gasteiger partial charge in [0, 0.05) is 17.9 Å². The first-order valence-corrected chi connectivity index (χ1v) is 6.67. The van der Waals surface area contributed by atoms with Crippen molar-refractivity contribution >= 4 is 17.5 Å². The zero-order chi connectivity index (χ0) is 15.2. The number of aromatic nitrogens is 2. The van der Waals surface area contributed by atoms with Crippen molar-refractivity contribution in [3.8, 4) is 0 Å². The summed E-state index contributed by atoms with van der Waals surface area (Å²) in [6, 6.07) is 9.15. The second-order valence-corrected chi connectivity index (χ2v) is 4.64. The summed E-state index contributed by atoms with van der Waals surface area (Å²) < 4.78 is 0. The minimum Gasteiger partial charge on any atom is -0.349 e. The van der Waals surface area contributed by atoms with E-state index in [0.29, 0.717) is 23.7 Å². The van der Waals surface area contributed by atoms with Gasteiger partial charge in [-0.3, -0.25) is 4.79 Å². The zero-order valence-electron chi connectivity index (χ0n) is 12.2. The van der Waals surface area contributed by atoms with E-state index in [9.17, 15) is 4.79 Å². The van der Waals surface area contributed by atoms with Crippen molar-refractivity contribution in [2.24, 2.45) is 0 Å². The van der Waals surface area contributed by atoms with Crippen LogP contribution in [0.3, 0.4) is 0 Å². The van der Waals surface area contributed by atoms with E-state index < -0.39 is 0 Å². The molecule has 0 saturated carbocycles. The molecule has 21 heavy (non-hydrogen) atoms. The third-order valence-corrected chi connectivity index (χ3v) is 2.81. The molecule has 5 nitrogen and oxygen atoms in total. The van der Waals surface area contributed by atoms with Crippen LogP contribution in [0.1, 0.15) is 21.7 Å². The Balaban J connectivity index is 2.27. The van der Waals surface area contributed by atoms with E-state index in [2.05, 4.69) is 27.2 Å². The fraction of sp³-hybridized carbons (Fsp3) is 0.188. The Labute approximate surface area is 124 Å². The average Bonchev–Trinajstić information content (AvgIpc) is 2.44. The molecule has 0 bridgehead atoms. The van der Waals surface area contributed by atoms with Crippen LogP contribution >= 0.6 is 0 Å². The van der Waals surface area contributed by atoms with E-state index in [1.165, 1.54) is 0 Å². The van der Waals surface area contributed by atoms with Crippen molar-refractivity contribution in [3.63, 3.8) is 0 Å². The summed E-state index contributed by atoms with van der Waals surface area (Å²) in [5.74, 6) is 0.318. The van der Waals surface area contributed by atoms with Gasteiger partial charge in [0.1, 0.15) is 0 Å². The summed E-state index contributed by atoms with van der Waals surface area (Å²) in [7, 11) is 0. The smallest absolute Gasteiger partial charge is 0.253 e. The van der Waals surface area contributed by atoms with E-state index in [1.807, 2.05) is 38.1 Å². The van der Waals surface area contributed by atoms with E-state index in [-0.39, 0.29) is 5.91 Å². The largest absolute Gasteiger partial charge is 0.349 e. The molecule has 1 aromatic heterocycles. The van der Waals surface area contributed by atoms with Gasteiger partial charge in [0.25, 0.3) is 5.91 Å². The Kier molecular flexibility index (Phi) is 4.66. The van der Waals surface area contributed by atoms with Gasteiger partial charge in [0.15, 0.2) is 0 Å². The first kappa shape index (κ1) is 14.7. The van der Waals surface area contributed by atoms with E-state index in [4.69, 9.17) is 0 Å². The van der Waals surface area contributed by atoms with Crippen LogP contribution in [0.15, 0.2) is 43.0 Å². The number of carbonyl (C=O) groups is 1. The molecular weight excluding hydrogens is 264 g/mol. The maximum absolute atomic E-state index is 12.1. The van der Waals surface area contributed by atoms with Crippen molar-refractivity contribution in [2.45, 2.75) is 13.8 Å². The molecule has 2 aromatic rings. The highest BCUT2D eigenvalue weighted by atomic mass is 16.1. The quantitative estimate of drug-likeness (QED) is 0.827. The minimum absolute atomic E-state index is 0.164. The number of anilines is 2. The number of nitrogens with one attached hydrogen (secondary N) is 2. The number of aryl methyl sites for hydroxylation is 2. The van der Waals surface area contributed by atoms with Gasteiger partial charge in [-0.05, 0) is 32.0 Å². The molecule has 0 aliphatic heterocycles. The molecule has 2 rings (SSSR count). The lowest BCUT2D eigenvalue weighted by Gasteiger charge is -2.11. The summed E-state index contributed by atoms with van der Waals surface area (Å²) in [6.45, 7) is 7.82. The highest BCUT2D eigenvalue weighted by Crippen LogP contribution is 2.19. The third kappa shape index (κ3) is 3.89. The summed E-state index contributed by atoms with van der Waals surface area (Å²) in [5.41, 5.74) is 2.96. The third-order valence-electron chi connectivity index (χ3n) is 2.81. The van der Waals surface area contributed by atoms with Crippen molar-refractivity contribution < 1.29 is 4.79 Å². The number of amides is 1. The normalized spacial score (nSPS) is 10.0. The molecule has 0 fully saturated rings. The highest BCUT2D eigenvalue weighted by Gasteiger charge is 2.11. The Morgan fingerprint density at radius 1 is 1.24 bits per heavy atom. The molecule has 0 saturated heterocycles. The van der Waals surface area contributed by atoms with Gasteiger partial charge in [0.05, 0.1) is 11.3 Å². The van der Waals surface area contributed by atoms with Crippen molar-refractivity contribution in [1.82, 2.24) is 15.3 Å². The maximum Gasteiger partial charge on any atom is 0.253 e. The molecular formula is C16H18N4O. The van der Waals surface area contributed by atoms with Crippen LogP contribution in [-0.2, 0) is 0 Å². The Hall–Kier alpha value is -2.69. The fourth-order valence-corrected chi connectivity index (χ4v) is 1.95. The number of rotatable bonds is 5. The molecule has 0 unspecified atom stereocenters. The lowest BCUT2D eigenvalue weighted by molar-refractivity contribution is 0.0959. The number of hydrogen-bond acceptors (Lipinski definition) is 4. The Bertz CT molecular complexity index is 647. The molecule has 2 N–H and O–H groups in total. The van der Waals surface area contributed by atoms with E-state index in [0.717, 1.165) is 11.4 Å². The number of hydrogen-bond donors (Lipinski definition) is 2. The van der Waals surface area contributed by atoms with Gasteiger partial charge in [-0.1, -0.05) is 18.2 Å². The first-order valence-electron chi connectivity index (χ1n) is 6.67. The lowest BCUT2D eigenvalue weighted by Crippen LogP contribution is -2.24. The van der Waals surface area contributed by atoms with Gasteiger partial charge in [0.2, 0.25) is 5.95 Å². The van der Waals surface area contributed by atoms with Crippen LogP contribution in [-0.4, -0.2) is 22.4 Å². The van der Waals surface area contributed by atoms with Crippen molar-refractivity contribution in [2.75, 3.05) is 11.9 Å². The predicted octanol–water partition coefficient (Wildman–Crippen LogP) is 2.75. The second-order valence-electron chi connectivity index (χ2n) is 4.64. The average molecular weight is 282 g/mol. The number of carbonyl (C=O) groups excluding carboxylic acids is 1. The van der Waals surface area contributed by atoms with Crippen LogP contribution in [0.4, 0.5) is 11.6 Å². The van der Waals surface area contributed by atoms with E-state index >= 15 is 0 Å². The monoisotopic (exact) mass is 282 g/mol. The van der Waals surface area contributed by atoms with E-state index in [1.54, 1.807) is 12.1 Å². The first-order chi connectivity index (χ1) is 10.1. The van der Waals surface area contributed by atoms with Crippen molar-refractivity contribution in [1.29, 1.82) is 0 Å². The number of benzene rings is 1. The standard InChI is InChI=1S/C16H18N4O/c1-4-9-17-15(21)13-7-5-6-8-14(13)20-16-18-11(2)10-12(3)19-16/h4-8,10H,1,9H2,2-3H3,(H,17,21)(H,18,19,20). The van der Waals surface area contributed by atoms with Crippen LogP contribution in [0.25, 0.3) is 0 Å². The van der Waals surface area contributed by atoms with Gasteiger partial charge < -0.3 is 10.6 Å². The second kappa shape index (κ2) is 6.65. The van der Waals surface area contributed by atoms with Gasteiger partial charge in [-0.15, -0.1) is 6.58 Å². The number of para-hydroxylation sites is 1. The summed E-state index contributed by atoms with van der Waals surface area (Å²) in [4.78, 5) is 20.8. The van der Waals surface area contributed by atoms with Crippen LogP contribution in [0, 0.1) is 13.8 Å². The van der Waals surface area contributed by atoms with Crippen LogP contribution in [0.2, 0.25) is 0 Å². The predicted molar refractivity (Wildman–Crippen MR) is 83.8 cm³/mol. The molecule has 0 spiro atoms. The molecule has 108 valence electrons. The highest BCUT2D eigenvalue weighted by molar-refractivity contribution is 6.00. The topological polar surface area (TPSA) is 66.9 Å². The molecule has 1 heterocycles. The van der Waals surface area contributed by atoms with Crippen LogP contribution < -0.4 is 10.6 Å². The molecule has 0 aliphatic carbocycles. The fourth-order valence-electron chi connectivity index (χ4n) is 1.95. The Morgan fingerprint density at radius 2 is 1.90 bits per heavy atom. The molecule has 1 aromatic carbocycles. The summed E-state index contributed by atoms with van der Waals surface area (Å²) >= 11 is 0. The molecule has 0 atom stereocenters. The molecule has 1 amide bonds. The van der Waals surface area contributed by atoms with Gasteiger partial charge >= 0.3 is 0 Å². The van der Waals surface area contributed by atoms with Gasteiger partial charge in [-0.2, -0.15) is 0 Å². The zero-order valence-corrected chi connectivity index (χ0v) is 12.2. The summed E-state index contributed by atoms with van der Waals surface area (Å²) in [6.07, 6.45) is 1.64. The molecule has 0 radical (unpaired) electrons. The Morgan fingerprint density at radius 3 is 2.57 bits per heavy atom. The number of nitrogens with zero attached hydrogens (tertiary/aromatic N) is 2. The summed E-state index contributed by atoms with van der Waals surface area (Å²) in [5, 5.41) is 5.86. The SMILES string of the molecule is C=CCNC(=O)c1ccccc1Nc1nc(C)cc(C)n1. The molecule has 0 aliphatic rings. The van der Waals surface area contributed by atoms with Crippen molar-refractivity contribution in [3.05, 3.63) is 59.9 Å². The van der Waals surface area contributed by atoms with Crippen LogP contribution in [0.5, 0.6) is 0 Å².